The van der Waals surface area contributed by atoms with Crippen LogP contribution in [0.4, 0.5) is 8.78 Å². The van der Waals surface area contributed by atoms with Gasteiger partial charge in [0.1, 0.15) is 0 Å². The van der Waals surface area contributed by atoms with E-state index in [1.165, 1.54) is 18.2 Å². The molecule has 0 amide bonds. The molecule has 4 heteroatoms. The molecule has 0 fully saturated rings. The van der Waals surface area contributed by atoms with Crippen molar-refractivity contribution >= 4 is 5.97 Å². The molecule has 13 heavy (non-hydrogen) atoms. The van der Waals surface area contributed by atoms with Gasteiger partial charge in [-0.25, -0.2) is 8.78 Å². The summed E-state index contributed by atoms with van der Waals surface area (Å²) in [5, 5.41) is 8.43. The summed E-state index contributed by atoms with van der Waals surface area (Å²) in [4.78, 5) is 10.3. The third kappa shape index (κ3) is 2.50. The number of carboxylic acids is 1. The second-order valence-electron chi connectivity index (χ2n) is 2.57. The van der Waals surface area contributed by atoms with Gasteiger partial charge in [-0.2, -0.15) is 0 Å². The summed E-state index contributed by atoms with van der Waals surface area (Å²) in [6, 6.07) is 5.65. The SMILES string of the molecule is O=C(O)Cc1ccccc1C(F)F. The van der Waals surface area contributed by atoms with Gasteiger partial charge < -0.3 is 5.11 Å². The maximum absolute atomic E-state index is 12.3. The Morgan fingerprint density at radius 1 is 1.38 bits per heavy atom. The lowest BCUT2D eigenvalue weighted by molar-refractivity contribution is -0.136. The highest BCUT2D eigenvalue weighted by Gasteiger charge is 2.13. The van der Waals surface area contributed by atoms with Crippen molar-refractivity contribution in [1.82, 2.24) is 0 Å². The molecule has 0 aromatic heterocycles. The molecular weight excluding hydrogens is 178 g/mol. The standard InChI is InChI=1S/C9H8F2O2/c10-9(11)7-4-2-1-3-6(7)5-8(12)13/h1-4,9H,5H2,(H,12,13). The van der Waals surface area contributed by atoms with Crippen LogP contribution in [0.15, 0.2) is 24.3 Å². The molecule has 0 aliphatic carbocycles. The van der Waals surface area contributed by atoms with Crippen LogP contribution in [-0.2, 0) is 11.2 Å². The second-order valence-corrected chi connectivity index (χ2v) is 2.57. The molecule has 0 bridgehead atoms. The quantitative estimate of drug-likeness (QED) is 0.786. The number of aliphatic carboxylic acids is 1. The van der Waals surface area contributed by atoms with Gasteiger partial charge in [0.05, 0.1) is 6.42 Å². The molecule has 1 N–H and O–H groups in total. The highest BCUT2D eigenvalue weighted by atomic mass is 19.3. The average molecular weight is 186 g/mol. The monoisotopic (exact) mass is 186 g/mol. The fourth-order valence-electron chi connectivity index (χ4n) is 1.07. The summed E-state index contributed by atoms with van der Waals surface area (Å²) in [6.07, 6.45) is -2.98. The minimum Gasteiger partial charge on any atom is -0.481 e. The highest BCUT2D eigenvalue weighted by molar-refractivity contribution is 5.70. The van der Waals surface area contributed by atoms with Gasteiger partial charge in [-0.15, -0.1) is 0 Å². The van der Waals surface area contributed by atoms with E-state index in [2.05, 4.69) is 0 Å². The fraction of sp³-hybridized carbons (Fsp3) is 0.222. The second kappa shape index (κ2) is 3.98. The van der Waals surface area contributed by atoms with Gasteiger partial charge in [0.2, 0.25) is 0 Å². The summed E-state index contributed by atoms with van der Waals surface area (Å²) in [6.45, 7) is 0. The van der Waals surface area contributed by atoms with Gasteiger partial charge in [-0.05, 0) is 5.56 Å². The number of carboxylic acid groups (broad SMARTS) is 1. The van der Waals surface area contributed by atoms with Gasteiger partial charge in [-0.1, -0.05) is 24.3 Å². The van der Waals surface area contributed by atoms with E-state index in [4.69, 9.17) is 5.11 Å². The average Bonchev–Trinajstić information content (AvgIpc) is 2.03. The topological polar surface area (TPSA) is 37.3 Å². The molecule has 0 heterocycles. The molecule has 0 saturated carbocycles. The molecule has 0 unspecified atom stereocenters. The first kappa shape index (κ1) is 9.64. The van der Waals surface area contributed by atoms with E-state index in [9.17, 15) is 13.6 Å². The molecule has 2 nitrogen and oxygen atoms in total. The molecule has 0 aliphatic heterocycles. The minimum absolute atomic E-state index is 0.171. The van der Waals surface area contributed by atoms with Gasteiger partial charge >= 0.3 is 5.97 Å². The Bertz CT molecular complexity index is 310. The molecule has 0 spiro atoms. The molecular formula is C9H8F2O2. The lowest BCUT2D eigenvalue weighted by atomic mass is 10.1. The molecule has 1 rings (SSSR count). The number of hydrogen-bond acceptors (Lipinski definition) is 1. The zero-order chi connectivity index (χ0) is 9.84. The molecule has 0 radical (unpaired) electrons. The number of hydrogen-bond donors (Lipinski definition) is 1. The van der Waals surface area contributed by atoms with Crippen LogP contribution in [0.3, 0.4) is 0 Å². The number of rotatable bonds is 3. The summed E-state index contributed by atoms with van der Waals surface area (Å²) in [5.74, 6) is -1.10. The number of halogens is 2. The van der Waals surface area contributed by atoms with Crippen molar-refractivity contribution in [2.24, 2.45) is 0 Å². The van der Waals surface area contributed by atoms with E-state index in [1.54, 1.807) is 6.07 Å². The summed E-state index contributed by atoms with van der Waals surface area (Å²) in [7, 11) is 0. The lowest BCUT2D eigenvalue weighted by Crippen LogP contribution is -2.03. The first-order valence-corrected chi connectivity index (χ1v) is 3.69. The smallest absolute Gasteiger partial charge is 0.307 e. The van der Waals surface area contributed by atoms with Crippen molar-refractivity contribution in [1.29, 1.82) is 0 Å². The minimum atomic E-state index is -2.62. The van der Waals surface area contributed by atoms with Crippen molar-refractivity contribution in [3.8, 4) is 0 Å². The third-order valence-corrected chi connectivity index (χ3v) is 1.63. The molecule has 70 valence electrons. The molecule has 1 aromatic carbocycles. The molecule has 0 aliphatic rings. The summed E-state index contributed by atoms with van der Waals surface area (Å²) >= 11 is 0. The zero-order valence-corrected chi connectivity index (χ0v) is 6.71. The van der Waals surface area contributed by atoms with E-state index in [-0.39, 0.29) is 17.5 Å². The van der Waals surface area contributed by atoms with Crippen molar-refractivity contribution < 1.29 is 18.7 Å². The van der Waals surface area contributed by atoms with E-state index in [0.29, 0.717) is 0 Å². The van der Waals surface area contributed by atoms with Gasteiger partial charge in [-0.3, -0.25) is 4.79 Å². The summed E-state index contributed by atoms with van der Waals surface area (Å²) in [5.41, 5.74) is -0.0325. The number of benzene rings is 1. The Kier molecular flexibility index (Phi) is 2.95. The fourth-order valence-corrected chi connectivity index (χ4v) is 1.07. The molecule has 0 atom stereocenters. The lowest BCUT2D eigenvalue weighted by Gasteiger charge is -2.05. The van der Waals surface area contributed by atoms with Crippen molar-refractivity contribution in [3.05, 3.63) is 35.4 Å². The van der Waals surface area contributed by atoms with Crippen molar-refractivity contribution in [2.75, 3.05) is 0 Å². The van der Waals surface area contributed by atoms with Crippen LogP contribution in [0.2, 0.25) is 0 Å². The van der Waals surface area contributed by atoms with E-state index in [1.807, 2.05) is 0 Å². The Labute approximate surface area is 73.8 Å². The van der Waals surface area contributed by atoms with E-state index in [0.717, 1.165) is 0 Å². The first-order chi connectivity index (χ1) is 6.11. The Morgan fingerprint density at radius 2 is 2.00 bits per heavy atom. The Balaban J connectivity index is 2.97. The van der Waals surface area contributed by atoms with Crippen LogP contribution in [0.5, 0.6) is 0 Å². The van der Waals surface area contributed by atoms with Crippen LogP contribution in [-0.4, -0.2) is 11.1 Å². The van der Waals surface area contributed by atoms with Crippen LogP contribution in [0.1, 0.15) is 17.6 Å². The maximum atomic E-state index is 12.3. The third-order valence-electron chi connectivity index (χ3n) is 1.63. The van der Waals surface area contributed by atoms with Crippen LogP contribution in [0, 0.1) is 0 Å². The highest BCUT2D eigenvalue weighted by Crippen LogP contribution is 2.22. The van der Waals surface area contributed by atoms with Gasteiger partial charge in [0.25, 0.3) is 6.43 Å². The Morgan fingerprint density at radius 3 is 2.54 bits per heavy atom. The number of carbonyl (C=O) groups is 1. The maximum Gasteiger partial charge on any atom is 0.307 e. The van der Waals surface area contributed by atoms with Crippen molar-refractivity contribution in [3.63, 3.8) is 0 Å². The normalized spacial score (nSPS) is 10.4. The summed E-state index contributed by atoms with van der Waals surface area (Å²) < 4.78 is 24.6. The predicted molar refractivity (Wildman–Crippen MR) is 42.7 cm³/mol. The predicted octanol–water partition coefficient (Wildman–Crippen LogP) is 2.25. The van der Waals surface area contributed by atoms with Crippen molar-refractivity contribution in [2.45, 2.75) is 12.8 Å². The van der Waals surface area contributed by atoms with E-state index >= 15 is 0 Å². The van der Waals surface area contributed by atoms with Gasteiger partial charge in [0.15, 0.2) is 0 Å². The number of alkyl halides is 2. The molecule has 0 saturated heterocycles. The van der Waals surface area contributed by atoms with Crippen LogP contribution < -0.4 is 0 Å². The zero-order valence-electron chi connectivity index (χ0n) is 6.71. The van der Waals surface area contributed by atoms with Gasteiger partial charge in [0, 0.05) is 5.56 Å². The van der Waals surface area contributed by atoms with Crippen LogP contribution >= 0.6 is 0 Å². The largest absolute Gasteiger partial charge is 0.481 e. The molecule has 1 aromatic rings. The van der Waals surface area contributed by atoms with Crippen LogP contribution in [0.25, 0.3) is 0 Å². The first-order valence-electron chi connectivity index (χ1n) is 3.69. The van der Waals surface area contributed by atoms with E-state index < -0.39 is 12.4 Å². The Hall–Kier alpha value is -1.45.